The second-order valence-corrected chi connectivity index (χ2v) is 6.07. The molecule has 1 aliphatic heterocycles. The molecule has 0 atom stereocenters. The minimum Gasteiger partial charge on any atom is -0.371 e. The molecule has 130 valence electrons. The number of aryl methyl sites for hydroxylation is 1. The molecule has 6 nitrogen and oxygen atoms in total. The third-order valence-electron chi connectivity index (χ3n) is 4.32. The second kappa shape index (κ2) is 6.88. The Morgan fingerprint density at radius 1 is 1.20 bits per heavy atom. The average molecular weight is 343 g/mol. The summed E-state index contributed by atoms with van der Waals surface area (Å²) in [6, 6.07) is 8.39. The quantitative estimate of drug-likeness (QED) is 0.675. The fraction of sp³-hybridized carbons (Fsp3) is 0.278. The lowest BCUT2D eigenvalue weighted by Gasteiger charge is -2.21. The molecule has 7 heteroatoms. The number of amides is 1. The summed E-state index contributed by atoms with van der Waals surface area (Å²) in [5.74, 6) is -0.830. The van der Waals surface area contributed by atoms with Crippen molar-refractivity contribution in [3.8, 4) is 0 Å². The smallest absolute Gasteiger partial charge is 0.270 e. The molecule has 2 aromatic carbocycles. The van der Waals surface area contributed by atoms with Gasteiger partial charge < -0.3 is 10.2 Å². The van der Waals surface area contributed by atoms with Crippen molar-refractivity contribution in [1.82, 2.24) is 0 Å². The van der Waals surface area contributed by atoms with E-state index in [1.54, 1.807) is 13.0 Å². The zero-order valence-electron chi connectivity index (χ0n) is 13.8. The number of rotatable bonds is 4. The molecule has 0 unspecified atom stereocenters. The highest BCUT2D eigenvalue weighted by Crippen LogP contribution is 2.29. The van der Waals surface area contributed by atoms with Gasteiger partial charge in [0.15, 0.2) is 0 Å². The van der Waals surface area contributed by atoms with Gasteiger partial charge in [-0.3, -0.25) is 14.9 Å². The van der Waals surface area contributed by atoms with Crippen LogP contribution in [0.25, 0.3) is 0 Å². The number of non-ortho nitro benzene ring substituents is 1. The molecule has 2 aromatic rings. The second-order valence-electron chi connectivity index (χ2n) is 6.07. The van der Waals surface area contributed by atoms with Crippen LogP contribution in [-0.4, -0.2) is 23.9 Å². The van der Waals surface area contributed by atoms with E-state index < -0.39 is 10.8 Å². The molecule has 0 radical (unpaired) electrons. The molecule has 0 aliphatic carbocycles. The molecule has 0 spiro atoms. The predicted octanol–water partition coefficient (Wildman–Crippen LogP) is 3.89. The zero-order valence-corrected chi connectivity index (χ0v) is 13.8. The first-order valence-electron chi connectivity index (χ1n) is 8.06. The zero-order chi connectivity index (χ0) is 18.0. The SMILES string of the molecule is Cc1cc(F)ccc1NC(=O)c1cc([N+](=O)[O-])ccc1N1CCCC1. The van der Waals surface area contributed by atoms with Gasteiger partial charge >= 0.3 is 0 Å². The van der Waals surface area contributed by atoms with E-state index in [0.29, 0.717) is 16.9 Å². The van der Waals surface area contributed by atoms with Gasteiger partial charge in [0.1, 0.15) is 5.82 Å². The van der Waals surface area contributed by atoms with E-state index in [4.69, 9.17) is 0 Å². The standard InChI is InChI=1S/C18H18FN3O3/c1-12-10-13(19)4-6-16(12)20-18(23)15-11-14(22(24)25)5-7-17(15)21-8-2-3-9-21/h4-7,10-11H,2-3,8-9H2,1H3,(H,20,23). The minimum absolute atomic E-state index is 0.135. The number of hydrogen-bond acceptors (Lipinski definition) is 4. The first-order valence-corrected chi connectivity index (χ1v) is 8.06. The molecule has 1 fully saturated rings. The van der Waals surface area contributed by atoms with Gasteiger partial charge in [0.05, 0.1) is 16.2 Å². The number of nitrogens with zero attached hydrogens (tertiary/aromatic N) is 2. The van der Waals surface area contributed by atoms with Crippen molar-refractivity contribution in [2.45, 2.75) is 19.8 Å². The van der Waals surface area contributed by atoms with Crippen LogP contribution in [0.2, 0.25) is 0 Å². The molecule has 0 saturated carbocycles. The van der Waals surface area contributed by atoms with Gasteiger partial charge in [-0.15, -0.1) is 0 Å². The van der Waals surface area contributed by atoms with Gasteiger partial charge in [0.2, 0.25) is 0 Å². The lowest BCUT2D eigenvalue weighted by atomic mass is 10.1. The molecule has 25 heavy (non-hydrogen) atoms. The summed E-state index contributed by atoms with van der Waals surface area (Å²) in [4.78, 5) is 25.4. The monoisotopic (exact) mass is 343 g/mol. The van der Waals surface area contributed by atoms with E-state index in [9.17, 15) is 19.3 Å². The summed E-state index contributed by atoms with van der Waals surface area (Å²) >= 11 is 0. The van der Waals surface area contributed by atoms with Crippen LogP contribution in [0.5, 0.6) is 0 Å². The van der Waals surface area contributed by atoms with Crippen LogP contribution >= 0.6 is 0 Å². The largest absolute Gasteiger partial charge is 0.371 e. The Labute approximate surface area is 144 Å². The van der Waals surface area contributed by atoms with Crippen LogP contribution < -0.4 is 10.2 Å². The van der Waals surface area contributed by atoms with E-state index in [1.807, 2.05) is 0 Å². The van der Waals surface area contributed by atoms with Gasteiger partial charge in [-0.05, 0) is 49.6 Å². The van der Waals surface area contributed by atoms with E-state index in [0.717, 1.165) is 25.9 Å². The van der Waals surface area contributed by atoms with E-state index in [-0.39, 0.29) is 17.1 Å². The van der Waals surface area contributed by atoms with Crippen molar-refractivity contribution in [2.24, 2.45) is 0 Å². The summed E-state index contributed by atoms with van der Waals surface area (Å²) in [7, 11) is 0. The van der Waals surface area contributed by atoms with Gasteiger partial charge in [-0.1, -0.05) is 0 Å². The third kappa shape index (κ3) is 3.60. The topological polar surface area (TPSA) is 75.5 Å². The predicted molar refractivity (Wildman–Crippen MR) is 93.6 cm³/mol. The number of nitro groups is 1. The molecular formula is C18H18FN3O3. The summed E-state index contributed by atoms with van der Waals surface area (Å²) < 4.78 is 13.2. The molecule has 3 rings (SSSR count). The third-order valence-corrected chi connectivity index (χ3v) is 4.32. The number of carbonyl (C=O) groups is 1. The molecule has 1 heterocycles. The Morgan fingerprint density at radius 3 is 2.56 bits per heavy atom. The average Bonchev–Trinajstić information content (AvgIpc) is 3.11. The molecule has 1 amide bonds. The van der Waals surface area contributed by atoms with Crippen molar-refractivity contribution >= 4 is 23.0 Å². The highest BCUT2D eigenvalue weighted by Gasteiger charge is 2.23. The lowest BCUT2D eigenvalue weighted by Crippen LogP contribution is -2.23. The normalized spacial score (nSPS) is 13.8. The maximum Gasteiger partial charge on any atom is 0.270 e. The van der Waals surface area contributed by atoms with E-state index >= 15 is 0 Å². The van der Waals surface area contributed by atoms with Crippen molar-refractivity contribution < 1.29 is 14.1 Å². The lowest BCUT2D eigenvalue weighted by molar-refractivity contribution is -0.384. The molecule has 1 saturated heterocycles. The number of anilines is 2. The Balaban J connectivity index is 1.96. The Morgan fingerprint density at radius 2 is 1.92 bits per heavy atom. The molecule has 1 N–H and O–H groups in total. The van der Waals surface area contributed by atoms with Crippen LogP contribution in [-0.2, 0) is 0 Å². The van der Waals surface area contributed by atoms with E-state index in [2.05, 4.69) is 10.2 Å². The Hall–Kier alpha value is -2.96. The van der Waals surface area contributed by atoms with E-state index in [1.165, 1.54) is 30.3 Å². The summed E-state index contributed by atoms with van der Waals surface area (Å²) in [5.41, 5.74) is 1.86. The maximum absolute atomic E-state index is 13.2. The molecular weight excluding hydrogens is 325 g/mol. The first kappa shape index (κ1) is 16.9. The number of nitrogens with one attached hydrogen (secondary N) is 1. The van der Waals surface area contributed by atoms with Crippen molar-refractivity contribution in [3.63, 3.8) is 0 Å². The maximum atomic E-state index is 13.2. The van der Waals surface area contributed by atoms with Crippen LogP contribution in [0.3, 0.4) is 0 Å². The van der Waals surface area contributed by atoms with Crippen molar-refractivity contribution in [2.75, 3.05) is 23.3 Å². The van der Waals surface area contributed by atoms with Gasteiger partial charge in [0, 0.05) is 30.9 Å². The fourth-order valence-electron chi connectivity index (χ4n) is 3.01. The minimum atomic E-state index is -0.520. The fourth-order valence-corrected chi connectivity index (χ4v) is 3.01. The Kier molecular flexibility index (Phi) is 4.65. The Bertz CT molecular complexity index is 832. The highest BCUT2D eigenvalue weighted by atomic mass is 19.1. The number of halogens is 1. The van der Waals surface area contributed by atoms with Crippen LogP contribution in [0.1, 0.15) is 28.8 Å². The van der Waals surface area contributed by atoms with Crippen LogP contribution in [0, 0.1) is 22.9 Å². The van der Waals surface area contributed by atoms with Crippen molar-refractivity contribution in [1.29, 1.82) is 0 Å². The van der Waals surface area contributed by atoms with Crippen molar-refractivity contribution in [3.05, 3.63) is 63.5 Å². The number of nitro benzene ring substituents is 1. The number of hydrogen-bond donors (Lipinski definition) is 1. The molecule has 1 aliphatic rings. The number of carbonyl (C=O) groups excluding carboxylic acids is 1. The summed E-state index contributed by atoms with van der Waals surface area (Å²) in [5, 5.41) is 13.8. The van der Waals surface area contributed by atoms with Crippen LogP contribution in [0.15, 0.2) is 36.4 Å². The highest BCUT2D eigenvalue weighted by molar-refractivity contribution is 6.09. The van der Waals surface area contributed by atoms with Crippen LogP contribution in [0.4, 0.5) is 21.5 Å². The molecule has 0 aromatic heterocycles. The summed E-state index contributed by atoms with van der Waals surface area (Å²) in [6.45, 7) is 3.31. The summed E-state index contributed by atoms with van der Waals surface area (Å²) in [6.07, 6.45) is 2.05. The van der Waals surface area contributed by atoms with Gasteiger partial charge in [-0.25, -0.2) is 4.39 Å². The van der Waals surface area contributed by atoms with Gasteiger partial charge in [-0.2, -0.15) is 0 Å². The first-order chi connectivity index (χ1) is 12.0. The number of benzene rings is 2. The molecule has 0 bridgehead atoms. The van der Waals surface area contributed by atoms with Gasteiger partial charge in [0.25, 0.3) is 11.6 Å².